The summed E-state index contributed by atoms with van der Waals surface area (Å²) in [5.74, 6) is -2.03. The van der Waals surface area contributed by atoms with Crippen LogP contribution in [0.2, 0.25) is 0 Å². The third-order valence-corrected chi connectivity index (χ3v) is 3.90. The van der Waals surface area contributed by atoms with E-state index in [0.29, 0.717) is 22.1 Å². The number of fused-ring (bicyclic) bond motifs is 2. The number of allylic oxidation sites excluding steroid dienone is 1. The van der Waals surface area contributed by atoms with Gasteiger partial charge >= 0.3 is 12.1 Å². The monoisotopic (exact) mass is 353 g/mol. The molecule has 2 nitrogen and oxygen atoms in total. The molecule has 0 atom stereocenters. The molecule has 1 heterocycles. The molecule has 7 heteroatoms. The fourth-order valence-electron chi connectivity index (χ4n) is 2.90. The van der Waals surface area contributed by atoms with E-state index in [1.54, 1.807) is 18.2 Å². The molecule has 0 aromatic heterocycles. The van der Waals surface area contributed by atoms with E-state index in [9.17, 15) is 26.7 Å². The van der Waals surface area contributed by atoms with Gasteiger partial charge in [0.05, 0.1) is 12.2 Å². The van der Waals surface area contributed by atoms with Crippen molar-refractivity contribution in [2.24, 2.45) is 0 Å². The van der Waals surface area contributed by atoms with Crippen molar-refractivity contribution in [3.63, 3.8) is 0 Å². The van der Waals surface area contributed by atoms with Gasteiger partial charge in [0.2, 0.25) is 0 Å². The highest BCUT2D eigenvalue weighted by Crippen LogP contribution is 2.39. The SMILES string of the molecule is O=C(N1Cc2ccccc2/C(=C\C(F)F)c2ccccc21)C(F)(F)F. The molecular formula is C18H12F5NO. The van der Waals surface area contributed by atoms with Crippen LogP contribution in [0.3, 0.4) is 0 Å². The van der Waals surface area contributed by atoms with Crippen LogP contribution in [-0.2, 0) is 11.3 Å². The number of hydrogen-bond acceptors (Lipinski definition) is 1. The summed E-state index contributed by atoms with van der Waals surface area (Å²) < 4.78 is 65.1. The third-order valence-electron chi connectivity index (χ3n) is 3.90. The second kappa shape index (κ2) is 6.31. The average molecular weight is 353 g/mol. The normalized spacial score (nSPS) is 15.8. The van der Waals surface area contributed by atoms with Crippen LogP contribution in [0.1, 0.15) is 16.7 Å². The van der Waals surface area contributed by atoms with Crippen molar-refractivity contribution in [2.75, 3.05) is 4.90 Å². The van der Waals surface area contributed by atoms with Gasteiger partial charge < -0.3 is 0 Å². The van der Waals surface area contributed by atoms with Crippen molar-refractivity contribution < 1.29 is 26.7 Å². The molecule has 2 aromatic carbocycles. The van der Waals surface area contributed by atoms with Gasteiger partial charge in [-0.3, -0.25) is 9.69 Å². The fraction of sp³-hybridized carbons (Fsp3) is 0.167. The first-order chi connectivity index (χ1) is 11.8. The van der Waals surface area contributed by atoms with Gasteiger partial charge in [0, 0.05) is 5.56 Å². The molecule has 25 heavy (non-hydrogen) atoms. The Morgan fingerprint density at radius 3 is 2.24 bits per heavy atom. The van der Waals surface area contributed by atoms with Crippen LogP contribution in [0.25, 0.3) is 5.57 Å². The summed E-state index contributed by atoms with van der Waals surface area (Å²) in [4.78, 5) is 12.5. The summed E-state index contributed by atoms with van der Waals surface area (Å²) in [6, 6.07) is 12.0. The molecule has 3 rings (SSSR count). The Balaban J connectivity index is 2.29. The maximum absolute atomic E-state index is 13.0. The summed E-state index contributed by atoms with van der Waals surface area (Å²) in [7, 11) is 0. The number of carbonyl (C=O) groups is 1. The summed E-state index contributed by atoms with van der Waals surface area (Å²) in [6.07, 6.45) is -7.17. The Hall–Kier alpha value is -2.70. The summed E-state index contributed by atoms with van der Waals surface area (Å²) >= 11 is 0. The van der Waals surface area contributed by atoms with Gasteiger partial charge in [-0.25, -0.2) is 8.78 Å². The van der Waals surface area contributed by atoms with Gasteiger partial charge in [0.1, 0.15) is 0 Å². The number of nitrogens with zero attached hydrogens (tertiary/aromatic N) is 1. The molecule has 1 amide bonds. The number of carbonyl (C=O) groups excluding carboxylic acids is 1. The first kappa shape index (κ1) is 17.1. The molecule has 0 aliphatic carbocycles. The summed E-state index contributed by atoms with van der Waals surface area (Å²) in [5.41, 5.74) is 0.966. The summed E-state index contributed by atoms with van der Waals surface area (Å²) in [5, 5.41) is 0. The molecule has 1 aliphatic rings. The Labute approximate surface area is 140 Å². The van der Waals surface area contributed by atoms with E-state index in [-0.39, 0.29) is 23.4 Å². The number of anilines is 1. The van der Waals surface area contributed by atoms with Crippen LogP contribution < -0.4 is 4.90 Å². The minimum absolute atomic E-state index is 0.0482. The van der Waals surface area contributed by atoms with Crippen molar-refractivity contribution in [1.82, 2.24) is 0 Å². The largest absolute Gasteiger partial charge is 0.471 e. The van der Waals surface area contributed by atoms with Gasteiger partial charge in [0.15, 0.2) is 0 Å². The van der Waals surface area contributed by atoms with Crippen LogP contribution in [0.15, 0.2) is 54.6 Å². The van der Waals surface area contributed by atoms with E-state index in [0.717, 1.165) is 0 Å². The van der Waals surface area contributed by atoms with Crippen molar-refractivity contribution >= 4 is 17.2 Å². The zero-order valence-corrected chi connectivity index (χ0v) is 12.7. The molecule has 0 radical (unpaired) electrons. The number of hydrogen-bond donors (Lipinski definition) is 0. The van der Waals surface area contributed by atoms with E-state index < -0.39 is 18.5 Å². The Morgan fingerprint density at radius 2 is 1.60 bits per heavy atom. The molecule has 0 unspecified atom stereocenters. The van der Waals surface area contributed by atoms with Crippen LogP contribution in [0, 0.1) is 0 Å². The van der Waals surface area contributed by atoms with Crippen molar-refractivity contribution in [1.29, 1.82) is 0 Å². The van der Waals surface area contributed by atoms with Gasteiger partial charge in [-0.2, -0.15) is 13.2 Å². The first-order valence-electron chi connectivity index (χ1n) is 7.35. The van der Waals surface area contributed by atoms with E-state index in [2.05, 4.69) is 0 Å². The molecule has 1 aliphatic heterocycles. The maximum Gasteiger partial charge on any atom is 0.471 e. The molecule has 130 valence electrons. The lowest BCUT2D eigenvalue weighted by Gasteiger charge is -2.24. The van der Waals surface area contributed by atoms with Gasteiger partial charge in [-0.05, 0) is 28.8 Å². The maximum atomic E-state index is 13.0. The lowest BCUT2D eigenvalue weighted by molar-refractivity contribution is -0.170. The Bertz CT molecular complexity index is 841. The minimum Gasteiger partial charge on any atom is -0.300 e. The molecule has 0 bridgehead atoms. The van der Waals surface area contributed by atoms with Crippen molar-refractivity contribution in [3.8, 4) is 0 Å². The number of halogens is 5. The molecular weight excluding hydrogens is 341 g/mol. The Morgan fingerprint density at radius 1 is 1.00 bits per heavy atom. The number of para-hydroxylation sites is 1. The average Bonchev–Trinajstić information content (AvgIpc) is 2.69. The predicted octanol–water partition coefficient (Wildman–Crippen LogP) is 4.79. The van der Waals surface area contributed by atoms with E-state index in [1.807, 2.05) is 0 Å². The van der Waals surface area contributed by atoms with Crippen LogP contribution >= 0.6 is 0 Å². The number of benzene rings is 2. The van der Waals surface area contributed by atoms with Crippen LogP contribution in [0.4, 0.5) is 27.6 Å². The van der Waals surface area contributed by atoms with E-state index >= 15 is 0 Å². The molecule has 0 N–H and O–H groups in total. The molecule has 0 saturated heterocycles. The van der Waals surface area contributed by atoms with E-state index in [1.165, 1.54) is 30.3 Å². The number of rotatable bonds is 1. The second-order valence-electron chi connectivity index (χ2n) is 5.48. The van der Waals surface area contributed by atoms with Crippen molar-refractivity contribution in [2.45, 2.75) is 19.1 Å². The number of amides is 1. The molecule has 2 aromatic rings. The van der Waals surface area contributed by atoms with Crippen LogP contribution in [0.5, 0.6) is 0 Å². The predicted molar refractivity (Wildman–Crippen MR) is 83.2 cm³/mol. The third kappa shape index (κ3) is 3.26. The van der Waals surface area contributed by atoms with E-state index in [4.69, 9.17) is 0 Å². The topological polar surface area (TPSA) is 20.3 Å². The lowest BCUT2D eigenvalue weighted by atomic mass is 9.94. The Kier molecular flexibility index (Phi) is 4.32. The highest BCUT2D eigenvalue weighted by atomic mass is 19.4. The standard InChI is InChI=1S/C18H12F5NO/c19-16(20)9-14-12-6-2-1-5-11(12)10-24(17(25)18(21,22)23)15-8-4-3-7-13(14)15/h1-9,16H,10H2/b14-9+. The smallest absolute Gasteiger partial charge is 0.300 e. The van der Waals surface area contributed by atoms with Crippen LogP contribution in [-0.4, -0.2) is 18.5 Å². The lowest BCUT2D eigenvalue weighted by Crippen LogP contribution is -2.40. The molecule has 0 fully saturated rings. The van der Waals surface area contributed by atoms with Gasteiger partial charge in [-0.15, -0.1) is 0 Å². The molecule has 0 spiro atoms. The molecule has 0 saturated carbocycles. The second-order valence-corrected chi connectivity index (χ2v) is 5.48. The highest BCUT2D eigenvalue weighted by molar-refractivity contribution is 6.02. The zero-order valence-electron chi connectivity index (χ0n) is 12.7. The summed E-state index contributed by atoms with van der Waals surface area (Å²) in [6.45, 7) is -0.355. The van der Waals surface area contributed by atoms with Gasteiger partial charge in [-0.1, -0.05) is 42.5 Å². The first-order valence-corrected chi connectivity index (χ1v) is 7.35. The highest BCUT2D eigenvalue weighted by Gasteiger charge is 2.44. The minimum atomic E-state index is -5.07. The quantitative estimate of drug-likeness (QED) is 0.675. The zero-order chi connectivity index (χ0) is 18.2. The van der Waals surface area contributed by atoms with Gasteiger partial charge in [0.25, 0.3) is 6.43 Å². The number of alkyl halides is 5. The van der Waals surface area contributed by atoms with Crippen molar-refractivity contribution in [3.05, 3.63) is 71.3 Å². The fourth-order valence-corrected chi connectivity index (χ4v) is 2.90.